The van der Waals surface area contributed by atoms with Gasteiger partial charge in [-0.05, 0) is 37.3 Å². The number of halogens is 1. The van der Waals surface area contributed by atoms with Gasteiger partial charge in [-0.25, -0.2) is 0 Å². The van der Waals surface area contributed by atoms with Crippen LogP contribution in [-0.4, -0.2) is 21.6 Å². The van der Waals surface area contributed by atoms with E-state index in [2.05, 4.69) is 0 Å². The van der Waals surface area contributed by atoms with Crippen molar-refractivity contribution < 1.29 is 14.5 Å². The first-order chi connectivity index (χ1) is 10.5. The summed E-state index contributed by atoms with van der Waals surface area (Å²) in [6.45, 7) is 0.00602. The Morgan fingerprint density at radius 2 is 1.68 bits per heavy atom. The van der Waals surface area contributed by atoms with Gasteiger partial charge in [0.2, 0.25) is 0 Å². The van der Waals surface area contributed by atoms with E-state index >= 15 is 0 Å². The molecule has 1 aromatic carbocycles. The van der Waals surface area contributed by atoms with Crippen LogP contribution in [-0.2, 0) is 16.1 Å². The summed E-state index contributed by atoms with van der Waals surface area (Å²) in [6.07, 6.45) is 3.08. The molecule has 0 atom stereocenters. The summed E-state index contributed by atoms with van der Waals surface area (Å²) in [5.74, 6) is -0.551. The standard InChI is InChI=1S/C15H13ClN2O4/c16-10-5-9(6-11(7-10)18(21)22)8-17-14(19)12-3-1-2-4-13(12)15(17)20/h5-7H,1-4,8H2. The van der Waals surface area contributed by atoms with Crippen LogP contribution in [0.3, 0.4) is 0 Å². The Morgan fingerprint density at radius 1 is 1.09 bits per heavy atom. The molecule has 3 rings (SSSR count). The fraction of sp³-hybridized carbons (Fsp3) is 0.333. The van der Waals surface area contributed by atoms with Gasteiger partial charge in [-0.15, -0.1) is 0 Å². The number of benzene rings is 1. The molecule has 0 spiro atoms. The number of carbonyl (C=O) groups excluding carboxylic acids is 2. The molecule has 0 aromatic heterocycles. The Bertz CT molecular complexity index is 698. The quantitative estimate of drug-likeness (QED) is 0.487. The van der Waals surface area contributed by atoms with E-state index in [1.165, 1.54) is 18.2 Å². The molecule has 0 N–H and O–H groups in total. The van der Waals surface area contributed by atoms with E-state index in [1.54, 1.807) is 0 Å². The van der Waals surface area contributed by atoms with Gasteiger partial charge in [0.05, 0.1) is 11.5 Å². The summed E-state index contributed by atoms with van der Waals surface area (Å²) < 4.78 is 0. The predicted octanol–water partition coefficient (Wildman–Crippen LogP) is 2.99. The van der Waals surface area contributed by atoms with Gasteiger partial charge >= 0.3 is 0 Å². The average Bonchev–Trinajstić information content (AvgIpc) is 2.72. The minimum atomic E-state index is -0.549. The van der Waals surface area contributed by atoms with Crippen molar-refractivity contribution in [1.29, 1.82) is 0 Å². The summed E-state index contributed by atoms with van der Waals surface area (Å²) in [6, 6.07) is 4.11. The van der Waals surface area contributed by atoms with Gasteiger partial charge in [0, 0.05) is 28.3 Å². The van der Waals surface area contributed by atoms with Gasteiger partial charge in [-0.2, -0.15) is 0 Å². The maximum atomic E-state index is 12.3. The zero-order valence-corrected chi connectivity index (χ0v) is 12.4. The minimum Gasteiger partial charge on any atom is -0.270 e. The van der Waals surface area contributed by atoms with Crippen molar-refractivity contribution >= 4 is 29.1 Å². The van der Waals surface area contributed by atoms with Crippen molar-refractivity contribution in [3.05, 3.63) is 50.0 Å². The minimum absolute atomic E-state index is 0.00602. The number of carbonyl (C=O) groups is 2. The Balaban J connectivity index is 1.87. The lowest BCUT2D eigenvalue weighted by molar-refractivity contribution is -0.384. The van der Waals surface area contributed by atoms with Crippen molar-refractivity contribution in [2.75, 3.05) is 0 Å². The van der Waals surface area contributed by atoms with E-state index in [9.17, 15) is 19.7 Å². The molecule has 2 aliphatic rings. The maximum Gasteiger partial charge on any atom is 0.271 e. The highest BCUT2D eigenvalue weighted by Crippen LogP contribution is 2.34. The van der Waals surface area contributed by atoms with Gasteiger partial charge in [0.15, 0.2) is 0 Å². The number of rotatable bonds is 3. The molecule has 0 radical (unpaired) electrons. The van der Waals surface area contributed by atoms with Crippen LogP contribution in [0.1, 0.15) is 31.2 Å². The molecule has 0 fully saturated rings. The third-order valence-electron chi connectivity index (χ3n) is 3.97. The largest absolute Gasteiger partial charge is 0.271 e. The van der Waals surface area contributed by atoms with E-state index in [-0.39, 0.29) is 29.1 Å². The van der Waals surface area contributed by atoms with E-state index in [0.717, 1.165) is 17.7 Å². The van der Waals surface area contributed by atoms with E-state index in [4.69, 9.17) is 11.6 Å². The van der Waals surface area contributed by atoms with E-state index in [0.29, 0.717) is 29.6 Å². The van der Waals surface area contributed by atoms with Crippen LogP contribution in [0.25, 0.3) is 0 Å². The molecule has 1 aromatic rings. The fourth-order valence-electron chi connectivity index (χ4n) is 2.95. The highest BCUT2D eigenvalue weighted by Gasteiger charge is 2.38. The molecule has 22 heavy (non-hydrogen) atoms. The lowest BCUT2D eigenvalue weighted by Crippen LogP contribution is -2.31. The number of nitrogens with zero attached hydrogens (tertiary/aromatic N) is 2. The van der Waals surface area contributed by atoms with Crippen LogP contribution in [0.15, 0.2) is 29.3 Å². The Kier molecular flexibility index (Phi) is 3.70. The smallest absolute Gasteiger partial charge is 0.270 e. The summed E-state index contributed by atoms with van der Waals surface area (Å²) in [7, 11) is 0. The molecule has 0 saturated heterocycles. The number of nitro groups is 1. The normalized spacial score (nSPS) is 18.0. The predicted molar refractivity (Wildman–Crippen MR) is 79.2 cm³/mol. The van der Waals surface area contributed by atoms with Gasteiger partial charge in [0.1, 0.15) is 0 Å². The van der Waals surface area contributed by atoms with Crippen LogP contribution in [0.2, 0.25) is 5.02 Å². The van der Waals surface area contributed by atoms with Gasteiger partial charge in [-0.1, -0.05) is 11.6 Å². The van der Waals surface area contributed by atoms with Gasteiger partial charge in [-0.3, -0.25) is 24.6 Å². The van der Waals surface area contributed by atoms with Crippen LogP contribution < -0.4 is 0 Å². The van der Waals surface area contributed by atoms with Crippen molar-refractivity contribution in [3.8, 4) is 0 Å². The van der Waals surface area contributed by atoms with Crippen LogP contribution in [0.5, 0.6) is 0 Å². The summed E-state index contributed by atoms with van der Waals surface area (Å²) in [4.78, 5) is 36.2. The zero-order chi connectivity index (χ0) is 15.9. The number of hydrogen-bond acceptors (Lipinski definition) is 4. The second-order valence-electron chi connectivity index (χ2n) is 5.44. The maximum absolute atomic E-state index is 12.3. The highest BCUT2D eigenvalue weighted by molar-refractivity contribution is 6.30. The molecule has 0 bridgehead atoms. The zero-order valence-electron chi connectivity index (χ0n) is 11.7. The van der Waals surface area contributed by atoms with Crippen molar-refractivity contribution in [2.45, 2.75) is 32.2 Å². The Hall–Kier alpha value is -2.21. The molecule has 1 heterocycles. The second-order valence-corrected chi connectivity index (χ2v) is 5.87. The van der Waals surface area contributed by atoms with Crippen molar-refractivity contribution in [1.82, 2.24) is 4.90 Å². The number of imide groups is 1. The molecule has 1 aliphatic heterocycles. The first-order valence-corrected chi connectivity index (χ1v) is 7.37. The molecule has 7 heteroatoms. The van der Waals surface area contributed by atoms with E-state index in [1.807, 2.05) is 0 Å². The first kappa shape index (κ1) is 14.7. The Labute approximate surface area is 131 Å². The van der Waals surface area contributed by atoms with Crippen molar-refractivity contribution in [3.63, 3.8) is 0 Å². The number of nitro benzene ring substituents is 1. The van der Waals surface area contributed by atoms with Crippen LogP contribution in [0.4, 0.5) is 5.69 Å². The summed E-state index contributed by atoms with van der Waals surface area (Å²) in [5.41, 5.74) is 1.53. The monoisotopic (exact) mass is 320 g/mol. The molecule has 6 nitrogen and oxygen atoms in total. The topological polar surface area (TPSA) is 80.5 Å². The number of non-ortho nitro benzene ring substituents is 1. The van der Waals surface area contributed by atoms with Crippen LogP contribution >= 0.6 is 11.6 Å². The second kappa shape index (κ2) is 5.53. The van der Waals surface area contributed by atoms with Gasteiger partial charge < -0.3 is 0 Å². The molecule has 0 unspecified atom stereocenters. The van der Waals surface area contributed by atoms with Crippen LogP contribution in [0, 0.1) is 10.1 Å². The fourth-order valence-corrected chi connectivity index (χ4v) is 3.20. The van der Waals surface area contributed by atoms with E-state index < -0.39 is 4.92 Å². The summed E-state index contributed by atoms with van der Waals surface area (Å²) in [5, 5.41) is 11.1. The average molecular weight is 321 g/mol. The van der Waals surface area contributed by atoms with Crippen molar-refractivity contribution in [2.24, 2.45) is 0 Å². The molecule has 0 saturated carbocycles. The molecular formula is C15H13ClN2O4. The van der Waals surface area contributed by atoms with Gasteiger partial charge in [0.25, 0.3) is 17.5 Å². The lowest BCUT2D eigenvalue weighted by atomic mass is 9.93. The molecule has 2 amide bonds. The number of hydrogen-bond donors (Lipinski definition) is 0. The molecular weight excluding hydrogens is 308 g/mol. The molecule has 114 valence electrons. The highest BCUT2D eigenvalue weighted by atomic mass is 35.5. The molecule has 1 aliphatic carbocycles. The third-order valence-corrected chi connectivity index (χ3v) is 4.19. The lowest BCUT2D eigenvalue weighted by Gasteiger charge is -2.15. The first-order valence-electron chi connectivity index (χ1n) is 6.99. The number of amides is 2. The summed E-state index contributed by atoms with van der Waals surface area (Å²) >= 11 is 5.87. The SMILES string of the molecule is O=C1C2=C(CCCC2)C(=O)N1Cc1cc(Cl)cc([N+](=O)[O-])c1. The Morgan fingerprint density at radius 3 is 2.23 bits per heavy atom. The third kappa shape index (κ3) is 2.50.